The maximum Gasteiger partial charge on any atom is 0.164 e. The summed E-state index contributed by atoms with van der Waals surface area (Å²) in [6, 6.07) is 1.53. The summed E-state index contributed by atoms with van der Waals surface area (Å²) in [7, 11) is 0. The van der Waals surface area contributed by atoms with Crippen molar-refractivity contribution in [3.63, 3.8) is 0 Å². The van der Waals surface area contributed by atoms with Crippen molar-refractivity contribution in [1.29, 1.82) is 0 Å². The van der Waals surface area contributed by atoms with E-state index in [1.54, 1.807) is 0 Å². The summed E-state index contributed by atoms with van der Waals surface area (Å²) in [5, 5.41) is 30.7. The fraction of sp³-hybridized carbons (Fsp3) is 0.727. The van der Waals surface area contributed by atoms with Gasteiger partial charge in [-0.15, -0.1) is 0 Å². The zero-order chi connectivity index (χ0) is 18.7. The van der Waals surface area contributed by atoms with E-state index in [1.165, 1.54) is 25.3 Å². The molecule has 1 saturated carbocycles. The molecular weight excluding hydrogens is 312 g/mol. The van der Waals surface area contributed by atoms with Crippen LogP contribution in [0.1, 0.15) is 90.2 Å². The van der Waals surface area contributed by atoms with Crippen molar-refractivity contribution in [2.45, 2.75) is 91.9 Å². The number of unbranched alkanes of at least 4 members (excludes halogenated alkanes) is 2. The molecule has 0 saturated heterocycles. The molecule has 1 aliphatic carbocycles. The maximum atomic E-state index is 10.6. The van der Waals surface area contributed by atoms with Gasteiger partial charge in [-0.25, -0.2) is 0 Å². The van der Waals surface area contributed by atoms with Gasteiger partial charge in [-0.1, -0.05) is 40.5 Å². The molecule has 0 atom stereocenters. The van der Waals surface area contributed by atoms with E-state index < -0.39 is 0 Å². The van der Waals surface area contributed by atoms with Crippen LogP contribution in [0.5, 0.6) is 17.2 Å². The smallest absolute Gasteiger partial charge is 0.164 e. The molecule has 2 rings (SSSR count). The van der Waals surface area contributed by atoms with Crippen LogP contribution in [0.4, 0.5) is 0 Å². The molecule has 0 bridgehead atoms. The van der Waals surface area contributed by atoms with Gasteiger partial charge in [0.2, 0.25) is 0 Å². The summed E-state index contributed by atoms with van der Waals surface area (Å²) in [6.45, 7) is 9.00. The minimum atomic E-state index is -0.150. The zero-order valence-corrected chi connectivity index (χ0v) is 16.5. The number of phenolic OH excluding ortho intramolecular Hbond substituents is 3. The fourth-order valence-electron chi connectivity index (χ4n) is 3.48. The van der Waals surface area contributed by atoms with Gasteiger partial charge in [-0.2, -0.15) is 0 Å². The minimum absolute atomic E-state index is 0.104. The highest BCUT2D eigenvalue weighted by molar-refractivity contribution is 5.56. The molecule has 0 spiro atoms. The number of hydrogen-bond acceptors (Lipinski definition) is 3. The minimum Gasteiger partial charge on any atom is -0.507 e. The summed E-state index contributed by atoms with van der Waals surface area (Å²) in [4.78, 5) is 0. The van der Waals surface area contributed by atoms with Gasteiger partial charge >= 0.3 is 0 Å². The number of phenols is 3. The fourth-order valence-corrected chi connectivity index (χ4v) is 3.48. The monoisotopic (exact) mass is 348 g/mol. The van der Waals surface area contributed by atoms with Crippen LogP contribution in [0, 0.1) is 10.8 Å². The molecule has 142 valence electrons. The first kappa shape index (κ1) is 19.9. The Hall–Kier alpha value is -1.38. The van der Waals surface area contributed by atoms with Crippen molar-refractivity contribution >= 4 is 0 Å². The molecule has 1 fully saturated rings. The van der Waals surface area contributed by atoms with Crippen LogP contribution in [-0.2, 0) is 12.8 Å². The molecule has 0 unspecified atom stereocenters. The van der Waals surface area contributed by atoms with Crippen LogP contribution in [0.3, 0.4) is 0 Å². The highest BCUT2D eigenvalue weighted by Gasteiger charge is 2.35. The third-order valence-electron chi connectivity index (χ3n) is 5.61. The third-order valence-corrected chi connectivity index (χ3v) is 5.61. The molecule has 25 heavy (non-hydrogen) atoms. The molecule has 1 aliphatic rings. The number of aromatic hydroxyl groups is 3. The van der Waals surface area contributed by atoms with Crippen LogP contribution >= 0.6 is 0 Å². The second-order valence-corrected chi connectivity index (χ2v) is 9.52. The van der Waals surface area contributed by atoms with Crippen molar-refractivity contribution in [3.8, 4) is 17.2 Å². The van der Waals surface area contributed by atoms with Crippen molar-refractivity contribution < 1.29 is 15.3 Å². The largest absolute Gasteiger partial charge is 0.507 e. The molecule has 0 radical (unpaired) electrons. The van der Waals surface area contributed by atoms with E-state index in [4.69, 9.17) is 0 Å². The summed E-state index contributed by atoms with van der Waals surface area (Å²) >= 11 is 0. The van der Waals surface area contributed by atoms with Crippen LogP contribution in [0.25, 0.3) is 0 Å². The lowest BCUT2D eigenvalue weighted by Crippen LogP contribution is -2.04. The topological polar surface area (TPSA) is 60.7 Å². The van der Waals surface area contributed by atoms with E-state index in [-0.39, 0.29) is 17.2 Å². The molecule has 0 aliphatic heterocycles. The van der Waals surface area contributed by atoms with Gasteiger partial charge in [0.05, 0.1) is 0 Å². The quantitative estimate of drug-likeness (QED) is 0.288. The Bertz CT molecular complexity index is 580. The lowest BCUT2D eigenvalue weighted by atomic mass is 9.88. The van der Waals surface area contributed by atoms with Gasteiger partial charge in [0.1, 0.15) is 5.75 Å². The van der Waals surface area contributed by atoms with Crippen LogP contribution in [-0.4, -0.2) is 15.3 Å². The molecule has 0 heterocycles. The number of benzene rings is 1. The summed E-state index contributed by atoms with van der Waals surface area (Å²) in [5.74, 6) is -0.0704. The van der Waals surface area contributed by atoms with E-state index in [0.717, 1.165) is 44.1 Å². The summed E-state index contributed by atoms with van der Waals surface area (Å²) in [5.41, 5.74) is 2.14. The lowest BCUT2D eigenvalue weighted by Gasteiger charge is -2.18. The predicted octanol–water partition coefficient (Wildman–Crippen LogP) is 6.08. The normalized spacial score (nSPS) is 16.2. The Kier molecular flexibility index (Phi) is 6.29. The second-order valence-electron chi connectivity index (χ2n) is 9.52. The first-order chi connectivity index (χ1) is 11.6. The average molecular weight is 349 g/mol. The number of rotatable bonds is 9. The van der Waals surface area contributed by atoms with Crippen molar-refractivity contribution in [3.05, 3.63) is 17.2 Å². The predicted molar refractivity (Wildman–Crippen MR) is 103 cm³/mol. The van der Waals surface area contributed by atoms with E-state index in [0.29, 0.717) is 22.8 Å². The summed E-state index contributed by atoms with van der Waals surface area (Å²) < 4.78 is 0. The molecule has 3 N–H and O–H groups in total. The van der Waals surface area contributed by atoms with Crippen LogP contribution in [0.2, 0.25) is 0 Å². The van der Waals surface area contributed by atoms with Crippen molar-refractivity contribution in [1.82, 2.24) is 0 Å². The Morgan fingerprint density at radius 2 is 1.56 bits per heavy atom. The van der Waals surface area contributed by atoms with Crippen molar-refractivity contribution in [2.24, 2.45) is 10.8 Å². The average Bonchev–Trinajstić information content (AvgIpc) is 3.24. The molecular formula is C22H36O3. The maximum absolute atomic E-state index is 10.6. The molecule has 1 aromatic carbocycles. The van der Waals surface area contributed by atoms with E-state index in [1.807, 2.05) is 0 Å². The van der Waals surface area contributed by atoms with Gasteiger partial charge in [0.15, 0.2) is 11.5 Å². The highest BCUT2D eigenvalue weighted by Crippen LogP contribution is 2.49. The second kappa shape index (κ2) is 7.88. The Balaban J connectivity index is 1.92. The molecule has 3 heteroatoms. The zero-order valence-electron chi connectivity index (χ0n) is 16.5. The first-order valence-electron chi connectivity index (χ1n) is 9.87. The van der Waals surface area contributed by atoms with Gasteiger partial charge < -0.3 is 15.3 Å². The lowest BCUT2D eigenvalue weighted by molar-refractivity contribution is 0.356. The van der Waals surface area contributed by atoms with E-state index >= 15 is 0 Å². The standard InChI is InChI=1S/C22H36O3/c1-21(2,3)11-7-6-10-17-19(24)16(15-18(23)20(17)25)9-5-8-12-22(4)13-14-22/h15,23-25H,5-14H2,1-4H3. The van der Waals surface area contributed by atoms with E-state index in [2.05, 4.69) is 27.7 Å². The third kappa shape index (κ3) is 6.13. The van der Waals surface area contributed by atoms with Gasteiger partial charge in [-0.05, 0) is 73.8 Å². The number of hydrogen-bond donors (Lipinski definition) is 3. The molecule has 1 aromatic rings. The Labute approximate surface area is 153 Å². The first-order valence-corrected chi connectivity index (χ1v) is 9.87. The van der Waals surface area contributed by atoms with Crippen molar-refractivity contribution in [2.75, 3.05) is 0 Å². The Morgan fingerprint density at radius 1 is 0.920 bits per heavy atom. The number of aryl methyl sites for hydroxylation is 1. The van der Waals surface area contributed by atoms with Gasteiger partial charge in [0, 0.05) is 5.56 Å². The summed E-state index contributed by atoms with van der Waals surface area (Å²) in [6.07, 6.45) is 10.5. The SMILES string of the molecule is CC(C)(C)CCCCc1c(O)c(O)cc(CCCCC2(C)CC2)c1O. The van der Waals surface area contributed by atoms with Gasteiger partial charge in [0.25, 0.3) is 0 Å². The highest BCUT2D eigenvalue weighted by atomic mass is 16.3. The molecule has 0 aromatic heterocycles. The van der Waals surface area contributed by atoms with E-state index in [9.17, 15) is 15.3 Å². The van der Waals surface area contributed by atoms with Crippen LogP contribution in [0.15, 0.2) is 6.07 Å². The molecule has 3 nitrogen and oxygen atoms in total. The Morgan fingerprint density at radius 3 is 2.16 bits per heavy atom. The molecule has 0 amide bonds. The van der Waals surface area contributed by atoms with Crippen LogP contribution < -0.4 is 0 Å². The van der Waals surface area contributed by atoms with Gasteiger partial charge in [-0.3, -0.25) is 0 Å².